The van der Waals surface area contributed by atoms with E-state index >= 15 is 0 Å². The number of halogens is 1. The Morgan fingerprint density at radius 1 is 1.13 bits per heavy atom. The number of hydrogen-bond donors (Lipinski definition) is 2. The van der Waals surface area contributed by atoms with Crippen molar-refractivity contribution in [3.05, 3.63) is 0 Å². The molecule has 0 bridgehead atoms. The molecule has 0 aromatic heterocycles. The first-order chi connectivity index (χ1) is 13.5. The number of rotatable bonds is 9. The summed E-state index contributed by atoms with van der Waals surface area (Å²) in [7, 11) is -3.31. The third-order valence-corrected chi connectivity index (χ3v) is 6.23. The first-order valence-corrected chi connectivity index (χ1v) is 12.0. The number of piperazine rings is 1. The Hall–Kier alpha value is -0.660. The van der Waals surface area contributed by atoms with E-state index in [-0.39, 0.29) is 48.3 Å². The van der Waals surface area contributed by atoms with E-state index in [2.05, 4.69) is 20.5 Å². The van der Waals surface area contributed by atoms with Crippen molar-refractivity contribution >= 4 is 45.9 Å². The Morgan fingerprint density at radius 2 is 1.73 bits per heavy atom. The van der Waals surface area contributed by atoms with Crippen molar-refractivity contribution in [2.75, 3.05) is 58.2 Å². The summed E-state index contributed by atoms with van der Waals surface area (Å²) in [6, 6.07) is 0. The highest BCUT2D eigenvalue weighted by atomic mass is 127. The van der Waals surface area contributed by atoms with Crippen molar-refractivity contribution in [2.24, 2.45) is 10.4 Å². The molecule has 0 atom stereocenters. The number of hydrogen-bond acceptors (Lipinski definition) is 5. The van der Waals surface area contributed by atoms with Crippen LogP contribution in [-0.4, -0.2) is 93.8 Å². The van der Waals surface area contributed by atoms with Crippen LogP contribution in [0.5, 0.6) is 0 Å². The molecule has 0 radical (unpaired) electrons. The number of aliphatic imine (C=N–C) groups is 1. The standard InChI is InChI=1S/C19H39N5O4S.HI/c1-7-20-18(22-9-8-21-17(25)19(4,5)6)23-10-12-24(13-11-23)29(26,27)15-14-28-16(2)3;/h16H,7-15H2,1-6H3,(H,20,22)(H,21,25);1H. The number of carbonyl (C=O) groups excluding carboxylic acids is 1. The number of sulfonamides is 1. The average molecular weight is 562 g/mol. The Balaban J connectivity index is 0.00000841. The summed E-state index contributed by atoms with van der Waals surface area (Å²) in [5, 5.41) is 6.13. The Kier molecular flexibility index (Phi) is 13.4. The summed E-state index contributed by atoms with van der Waals surface area (Å²) < 4.78 is 31.8. The van der Waals surface area contributed by atoms with Crippen LogP contribution in [0.4, 0.5) is 0 Å². The van der Waals surface area contributed by atoms with Gasteiger partial charge in [-0.3, -0.25) is 9.79 Å². The Morgan fingerprint density at radius 3 is 2.23 bits per heavy atom. The van der Waals surface area contributed by atoms with Gasteiger partial charge >= 0.3 is 0 Å². The lowest BCUT2D eigenvalue weighted by molar-refractivity contribution is -0.128. The van der Waals surface area contributed by atoms with E-state index in [1.807, 2.05) is 41.5 Å². The zero-order valence-electron chi connectivity index (χ0n) is 19.2. The highest BCUT2D eigenvalue weighted by molar-refractivity contribution is 14.0. The quantitative estimate of drug-likeness (QED) is 0.189. The van der Waals surface area contributed by atoms with Crippen LogP contribution in [0.3, 0.4) is 0 Å². The number of nitrogens with zero attached hydrogens (tertiary/aromatic N) is 3. The highest BCUT2D eigenvalue weighted by Gasteiger charge is 2.28. The van der Waals surface area contributed by atoms with Gasteiger partial charge in [0.1, 0.15) is 0 Å². The molecular formula is C19H40IN5O4S. The second-order valence-electron chi connectivity index (χ2n) is 8.36. The molecule has 30 heavy (non-hydrogen) atoms. The van der Waals surface area contributed by atoms with Gasteiger partial charge in [0.25, 0.3) is 0 Å². The van der Waals surface area contributed by atoms with Crippen molar-refractivity contribution in [3.8, 4) is 0 Å². The van der Waals surface area contributed by atoms with Crippen molar-refractivity contribution < 1.29 is 17.9 Å². The first kappa shape index (κ1) is 29.3. The summed E-state index contributed by atoms with van der Waals surface area (Å²) in [4.78, 5) is 18.6. The van der Waals surface area contributed by atoms with Gasteiger partial charge in [0.05, 0.1) is 25.0 Å². The largest absolute Gasteiger partial charge is 0.378 e. The fourth-order valence-corrected chi connectivity index (χ4v) is 4.00. The fraction of sp³-hybridized carbons (Fsp3) is 0.895. The molecule has 0 aromatic rings. The summed E-state index contributed by atoms with van der Waals surface area (Å²) in [6.07, 6.45) is 0.0223. The molecule has 1 aliphatic heterocycles. The molecule has 0 aromatic carbocycles. The minimum Gasteiger partial charge on any atom is -0.378 e. The molecule has 1 heterocycles. The van der Waals surface area contributed by atoms with Crippen LogP contribution in [0, 0.1) is 5.41 Å². The maximum atomic E-state index is 12.5. The Labute approximate surface area is 199 Å². The minimum atomic E-state index is -3.31. The highest BCUT2D eigenvalue weighted by Crippen LogP contribution is 2.12. The predicted octanol–water partition coefficient (Wildman–Crippen LogP) is 1.10. The van der Waals surface area contributed by atoms with Crippen molar-refractivity contribution in [3.63, 3.8) is 0 Å². The number of carbonyl (C=O) groups is 1. The van der Waals surface area contributed by atoms with Gasteiger partial charge in [-0.2, -0.15) is 4.31 Å². The van der Waals surface area contributed by atoms with E-state index in [9.17, 15) is 13.2 Å². The van der Waals surface area contributed by atoms with Gasteiger partial charge < -0.3 is 20.3 Å². The lowest BCUT2D eigenvalue weighted by Crippen LogP contribution is -2.54. The molecule has 0 aliphatic carbocycles. The zero-order chi connectivity index (χ0) is 22.1. The molecule has 11 heteroatoms. The topological polar surface area (TPSA) is 103 Å². The SMILES string of the molecule is CCNC(=NCCNC(=O)C(C)(C)C)N1CCN(S(=O)(=O)CCOC(C)C)CC1.I. The molecule has 9 nitrogen and oxygen atoms in total. The van der Waals surface area contributed by atoms with Gasteiger partial charge in [0, 0.05) is 44.7 Å². The van der Waals surface area contributed by atoms with E-state index < -0.39 is 15.4 Å². The van der Waals surface area contributed by atoms with Crippen LogP contribution in [0.25, 0.3) is 0 Å². The Bertz CT molecular complexity index is 642. The molecule has 0 spiro atoms. The first-order valence-electron chi connectivity index (χ1n) is 10.4. The lowest BCUT2D eigenvalue weighted by atomic mass is 9.96. The number of ether oxygens (including phenoxy) is 1. The minimum absolute atomic E-state index is 0. The van der Waals surface area contributed by atoms with E-state index in [0.717, 1.165) is 12.5 Å². The molecule has 1 aliphatic rings. The molecule has 1 rings (SSSR count). The van der Waals surface area contributed by atoms with Gasteiger partial charge in [-0.25, -0.2) is 8.42 Å². The lowest BCUT2D eigenvalue weighted by Gasteiger charge is -2.36. The summed E-state index contributed by atoms with van der Waals surface area (Å²) in [5.74, 6) is 0.753. The monoisotopic (exact) mass is 561 g/mol. The second kappa shape index (κ2) is 13.7. The molecule has 1 fully saturated rings. The molecular weight excluding hydrogens is 521 g/mol. The number of amides is 1. The smallest absolute Gasteiger partial charge is 0.225 e. The van der Waals surface area contributed by atoms with Crippen LogP contribution >= 0.6 is 24.0 Å². The van der Waals surface area contributed by atoms with Gasteiger partial charge in [-0.05, 0) is 20.8 Å². The van der Waals surface area contributed by atoms with Crippen LogP contribution in [0.1, 0.15) is 41.5 Å². The van der Waals surface area contributed by atoms with E-state index in [1.165, 1.54) is 4.31 Å². The molecule has 0 saturated carbocycles. The third-order valence-electron chi connectivity index (χ3n) is 4.40. The van der Waals surface area contributed by atoms with E-state index in [0.29, 0.717) is 39.3 Å². The van der Waals surface area contributed by atoms with Gasteiger partial charge in [-0.1, -0.05) is 20.8 Å². The molecule has 1 amide bonds. The average Bonchev–Trinajstić information content (AvgIpc) is 2.63. The summed E-state index contributed by atoms with van der Waals surface area (Å²) in [6.45, 7) is 15.3. The van der Waals surface area contributed by atoms with Gasteiger partial charge in [0.15, 0.2) is 5.96 Å². The van der Waals surface area contributed by atoms with Crippen LogP contribution in [0.15, 0.2) is 4.99 Å². The van der Waals surface area contributed by atoms with Gasteiger partial charge in [0.2, 0.25) is 15.9 Å². The normalized spacial score (nSPS) is 16.4. The molecule has 1 saturated heterocycles. The second-order valence-corrected chi connectivity index (χ2v) is 10.5. The third kappa shape index (κ3) is 10.6. The van der Waals surface area contributed by atoms with Crippen molar-refractivity contribution in [1.82, 2.24) is 19.8 Å². The zero-order valence-corrected chi connectivity index (χ0v) is 22.4. The molecule has 2 N–H and O–H groups in total. The predicted molar refractivity (Wildman–Crippen MR) is 132 cm³/mol. The summed E-state index contributed by atoms with van der Waals surface area (Å²) >= 11 is 0. The van der Waals surface area contributed by atoms with Crippen molar-refractivity contribution in [2.45, 2.75) is 47.6 Å². The van der Waals surface area contributed by atoms with Crippen LogP contribution < -0.4 is 10.6 Å². The summed E-state index contributed by atoms with van der Waals surface area (Å²) in [5.41, 5.74) is -0.420. The number of nitrogens with one attached hydrogen (secondary N) is 2. The molecule has 0 unspecified atom stereocenters. The van der Waals surface area contributed by atoms with Crippen LogP contribution in [0.2, 0.25) is 0 Å². The van der Waals surface area contributed by atoms with E-state index in [4.69, 9.17) is 4.74 Å². The number of guanidine groups is 1. The van der Waals surface area contributed by atoms with E-state index in [1.54, 1.807) is 0 Å². The fourth-order valence-electron chi connectivity index (χ4n) is 2.72. The van der Waals surface area contributed by atoms with Crippen molar-refractivity contribution in [1.29, 1.82) is 0 Å². The van der Waals surface area contributed by atoms with Crippen LogP contribution in [-0.2, 0) is 19.6 Å². The maximum Gasteiger partial charge on any atom is 0.225 e. The van der Waals surface area contributed by atoms with Gasteiger partial charge in [-0.15, -0.1) is 24.0 Å². The maximum absolute atomic E-state index is 12.5. The molecule has 178 valence electrons.